The summed E-state index contributed by atoms with van der Waals surface area (Å²) in [4.78, 5) is 12.6. The SMILES string of the molecule is C=CCN(CC=C)S(=O)(=O)c1ccc(NC(=S)NC(=O)Cc2cccc3ccccc23)cc1. The minimum Gasteiger partial charge on any atom is -0.332 e. The summed E-state index contributed by atoms with van der Waals surface area (Å²) in [6.07, 6.45) is 3.23. The average molecular weight is 480 g/mol. The first-order valence-electron chi connectivity index (χ1n) is 10.2. The van der Waals surface area contributed by atoms with Crippen molar-refractivity contribution in [3.8, 4) is 0 Å². The lowest BCUT2D eigenvalue weighted by Crippen LogP contribution is -2.35. The Labute approximate surface area is 199 Å². The molecule has 0 bridgehead atoms. The normalized spacial score (nSPS) is 11.2. The van der Waals surface area contributed by atoms with Crippen molar-refractivity contribution in [1.29, 1.82) is 0 Å². The van der Waals surface area contributed by atoms with Crippen molar-refractivity contribution in [3.63, 3.8) is 0 Å². The first kappa shape index (κ1) is 24.3. The Kier molecular flexibility index (Phi) is 8.11. The van der Waals surface area contributed by atoms with Crippen LogP contribution in [0.2, 0.25) is 0 Å². The monoisotopic (exact) mass is 479 g/mol. The Morgan fingerprint density at radius 2 is 1.58 bits per heavy atom. The van der Waals surface area contributed by atoms with Gasteiger partial charge in [0.25, 0.3) is 0 Å². The van der Waals surface area contributed by atoms with Crippen molar-refractivity contribution in [2.45, 2.75) is 11.3 Å². The van der Waals surface area contributed by atoms with Crippen LogP contribution in [0.4, 0.5) is 5.69 Å². The second kappa shape index (κ2) is 11.0. The maximum atomic E-state index is 12.8. The smallest absolute Gasteiger partial charge is 0.243 e. The van der Waals surface area contributed by atoms with Crippen LogP contribution in [0.5, 0.6) is 0 Å². The van der Waals surface area contributed by atoms with Gasteiger partial charge in [0.05, 0.1) is 11.3 Å². The molecule has 3 aromatic carbocycles. The zero-order valence-corrected chi connectivity index (χ0v) is 19.7. The Hall–Kier alpha value is -3.33. The lowest BCUT2D eigenvalue weighted by molar-refractivity contribution is -0.119. The number of nitrogens with zero attached hydrogens (tertiary/aromatic N) is 1. The van der Waals surface area contributed by atoms with Crippen molar-refractivity contribution in [1.82, 2.24) is 9.62 Å². The van der Waals surface area contributed by atoms with Crippen molar-refractivity contribution in [2.24, 2.45) is 0 Å². The highest BCUT2D eigenvalue weighted by Gasteiger charge is 2.22. The van der Waals surface area contributed by atoms with Gasteiger partial charge in [0.2, 0.25) is 15.9 Å². The molecule has 0 aromatic heterocycles. The van der Waals surface area contributed by atoms with E-state index < -0.39 is 10.0 Å². The van der Waals surface area contributed by atoms with E-state index in [1.54, 1.807) is 12.1 Å². The predicted octanol–water partition coefficient (Wildman–Crippen LogP) is 4.26. The first-order valence-corrected chi connectivity index (χ1v) is 12.1. The van der Waals surface area contributed by atoms with Gasteiger partial charge in [-0.05, 0) is 52.8 Å². The standard InChI is InChI=1S/C25H25N3O3S2/c1-3-16-28(17-4-2)33(30,31)22-14-12-21(13-15-22)26-25(32)27-24(29)18-20-10-7-9-19-8-5-6-11-23(19)20/h3-15H,1-2,16-18H2,(H2,26,27,29,32). The summed E-state index contributed by atoms with van der Waals surface area (Å²) < 4.78 is 26.8. The van der Waals surface area contributed by atoms with Gasteiger partial charge < -0.3 is 10.6 Å². The minimum atomic E-state index is -3.68. The molecule has 0 saturated heterocycles. The van der Waals surface area contributed by atoms with Gasteiger partial charge in [-0.25, -0.2) is 8.42 Å². The summed E-state index contributed by atoms with van der Waals surface area (Å²) in [5, 5.41) is 7.81. The Morgan fingerprint density at radius 1 is 0.939 bits per heavy atom. The van der Waals surface area contributed by atoms with Gasteiger partial charge in [-0.3, -0.25) is 4.79 Å². The molecule has 8 heteroatoms. The van der Waals surface area contributed by atoms with Gasteiger partial charge >= 0.3 is 0 Å². The Morgan fingerprint density at radius 3 is 2.24 bits per heavy atom. The fourth-order valence-electron chi connectivity index (χ4n) is 3.37. The van der Waals surface area contributed by atoms with Crippen molar-refractivity contribution in [3.05, 3.63) is 97.6 Å². The second-order valence-corrected chi connectivity index (χ2v) is 9.59. The average Bonchev–Trinajstić information content (AvgIpc) is 2.79. The van der Waals surface area contributed by atoms with Gasteiger partial charge in [0, 0.05) is 18.8 Å². The zero-order chi connectivity index (χ0) is 23.8. The molecule has 0 heterocycles. The largest absolute Gasteiger partial charge is 0.332 e. The lowest BCUT2D eigenvalue weighted by Gasteiger charge is -2.19. The number of amides is 1. The van der Waals surface area contributed by atoms with Crippen LogP contribution in [0.25, 0.3) is 10.8 Å². The third-order valence-corrected chi connectivity index (χ3v) is 6.95. The van der Waals surface area contributed by atoms with Gasteiger partial charge in [-0.1, -0.05) is 54.6 Å². The maximum absolute atomic E-state index is 12.8. The molecule has 3 rings (SSSR count). The van der Waals surface area contributed by atoms with Gasteiger partial charge in [-0.2, -0.15) is 4.31 Å². The molecule has 0 radical (unpaired) electrons. The number of benzene rings is 3. The molecule has 1 amide bonds. The molecule has 170 valence electrons. The third-order valence-electron chi connectivity index (χ3n) is 4.90. The number of hydrogen-bond donors (Lipinski definition) is 2. The molecule has 3 aromatic rings. The van der Waals surface area contributed by atoms with Crippen molar-refractivity contribution in [2.75, 3.05) is 18.4 Å². The topological polar surface area (TPSA) is 78.5 Å². The van der Waals surface area contributed by atoms with Crippen LogP contribution in [0.1, 0.15) is 5.56 Å². The number of carbonyl (C=O) groups excluding carboxylic acids is 1. The van der Waals surface area contributed by atoms with E-state index in [-0.39, 0.29) is 35.4 Å². The highest BCUT2D eigenvalue weighted by molar-refractivity contribution is 7.89. The van der Waals surface area contributed by atoms with Crippen molar-refractivity contribution < 1.29 is 13.2 Å². The van der Waals surface area contributed by atoms with E-state index in [1.807, 2.05) is 42.5 Å². The van der Waals surface area contributed by atoms with Crippen LogP contribution in [0.3, 0.4) is 0 Å². The van der Waals surface area contributed by atoms with Crippen LogP contribution < -0.4 is 10.6 Å². The summed E-state index contributed by atoms with van der Waals surface area (Å²) >= 11 is 5.25. The maximum Gasteiger partial charge on any atom is 0.243 e. The molecule has 0 spiro atoms. The van der Waals surface area contributed by atoms with Crippen LogP contribution in [-0.2, 0) is 21.2 Å². The van der Waals surface area contributed by atoms with Crippen LogP contribution in [0, 0.1) is 0 Å². The quantitative estimate of drug-likeness (QED) is 0.354. The molecule has 0 aliphatic heterocycles. The summed E-state index contributed by atoms with van der Waals surface area (Å²) in [7, 11) is -3.68. The molecule has 33 heavy (non-hydrogen) atoms. The second-order valence-electron chi connectivity index (χ2n) is 7.24. The number of anilines is 1. The fourth-order valence-corrected chi connectivity index (χ4v) is 4.98. The van der Waals surface area contributed by atoms with Crippen LogP contribution >= 0.6 is 12.2 Å². The summed E-state index contributed by atoms with van der Waals surface area (Å²) in [6.45, 7) is 7.57. The molecule has 0 unspecified atom stereocenters. The lowest BCUT2D eigenvalue weighted by atomic mass is 10.0. The molecule has 0 aliphatic rings. The zero-order valence-electron chi connectivity index (χ0n) is 18.0. The molecule has 2 N–H and O–H groups in total. The Bertz CT molecular complexity index is 1270. The predicted molar refractivity (Wildman–Crippen MR) is 138 cm³/mol. The molecule has 0 atom stereocenters. The number of fused-ring (bicyclic) bond motifs is 1. The van der Waals surface area contributed by atoms with Crippen LogP contribution in [-0.4, -0.2) is 36.8 Å². The van der Waals surface area contributed by atoms with Gasteiger partial charge in [0.15, 0.2) is 5.11 Å². The molecule has 6 nitrogen and oxygen atoms in total. The van der Waals surface area contributed by atoms with E-state index in [4.69, 9.17) is 12.2 Å². The summed E-state index contributed by atoms with van der Waals surface area (Å²) in [5.41, 5.74) is 1.47. The summed E-state index contributed by atoms with van der Waals surface area (Å²) in [6, 6.07) is 19.9. The minimum absolute atomic E-state index is 0.135. The van der Waals surface area contributed by atoms with Crippen LogP contribution in [0.15, 0.2) is 96.9 Å². The third kappa shape index (κ3) is 6.13. The highest BCUT2D eigenvalue weighted by atomic mass is 32.2. The molecular weight excluding hydrogens is 454 g/mol. The van der Waals surface area contributed by atoms with Gasteiger partial charge in [-0.15, -0.1) is 13.2 Å². The molecule has 0 aliphatic carbocycles. The van der Waals surface area contributed by atoms with E-state index >= 15 is 0 Å². The van der Waals surface area contributed by atoms with E-state index in [9.17, 15) is 13.2 Å². The number of carbonyl (C=O) groups is 1. The van der Waals surface area contributed by atoms with E-state index in [0.29, 0.717) is 5.69 Å². The summed E-state index contributed by atoms with van der Waals surface area (Å²) in [5.74, 6) is -0.243. The van der Waals surface area contributed by atoms with E-state index in [0.717, 1.165) is 16.3 Å². The Balaban J connectivity index is 1.63. The molecule has 0 fully saturated rings. The fraction of sp³-hybridized carbons (Fsp3) is 0.120. The van der Waals surface area contributed by atoms with E-state index in [1.165, 1.54) is 28.6 Å². The first-order chi connectivity index (χ1) is 15.8. The number of sulfonamides is 1. The number of nitrogens with one attached hydrogen (secondary N) is 2. The highest BCUT2D eigenvalue weighted by Crippen LogP contribution is 2.20. The number of rotatable bonds is 9. The number of thiocarbonyl (C=S) groups is 1. The molecular formula is C25H25N3O3S2. The van der Waals surface area contributed by atoms with Crippen molar-refractivity contribution >= 4 is 49.7 Å². The number of hydrogen-bond acceptors (Lipinski definition) is 4. The molecule has 0 saturated carbocycles. The van der Waals surface area contributed by atoms with E-state index in [2.05, 4.69) is 23.8 Å². The van der Waals surface area contributed by atoms with Gasteiger partial charge in [0.1, 0.15) is 0 Å².